The Labute approximate surface area is 124 Å². The number of amides is 1. The molecule has 2 heterocycles. The standard InChI is InChI=1S/C15H19NO4S/c1-11-2-5-13(20-11)6-7-15(17)16-8-9-21(18,19)10-14(16)12-3-4-12/h2,5-7,12,14H,3-4,8-10H2,1H3/b7-6+. The number of hydrogen-bond donors (Lipinski definition) is 0. The molecule has 1 unspecified atom stereocenters. The van der Waals surface area contributed by atoms with Crippen molar-refractivity contribution in [3.05, 3.63) is 29.7 Å². The minimum atomic E-state index is -3.00. The van der Waals surface area contributed by atoms with Gasteiger partial charge in [-0.3, -0.25) is 4.79 Å². The summed E-state index contributed by atoms with van der Waals surface area (Å²) < 4.78 is 28.9. The molecule has 6 heteroatoms. The van der Waals surface area contributed by atoms with Gasteiger partial charge >= 0.3 is 0 Å². The lowest BCUT2D eigenvalue weighted by atomic mass is 10.1. The number of aryl methyl sites for hydroxylation is 1. The maximum Gasteiger partial charge on any atom is 0.247 e. The molecule has 0 aromatic carbocycles. The molecule has 1 aliphatic carbocycles. The average molecular weight is 309 g/mol. The number of carbonyl (C=O) groups excluding carboxylic acids is 1. The van der Waals surface area contributed by atoms with E-state index in [1.165, 1.54) is 6.08 Å². The molecule has 1 aromatic rings. The van der Waals surface area contributed by atoms with Gasteiger partial charge in [-0.15, -0.1) is 0 Å². The smallest absolute Gasteiger partial charge is 0.247 e. The van der Waals surface area contributed by atoms with Crippen molar-refractivity contribution in [2.45, 2.75) is 25.8 Å². The van der Waals surface area contributed by atoms with Crippen LogP contribution in [-0.2, 0) is 14.6 Å². The Morgan fingerprint density at radius 3 is 2.76 bits per heavy atom. The van der Waals surface area contributed by atoms with Crippen LogP contribution in [0.25, 0.3) is 6.08 Å². The molecular formula is C15H19NO4S. The highest BCUT2D eigenvalue weighted by atomic mass is 32.2. The van der Waals surface area contributed by atoms with Crippen molar-refractivity contribution < 1.29 is 17.6 Å². The van der Waals surface area contributed by atoms with Gasteiger partial charge < -0.3 is 9.32 Å². The summed E-state index contributed by atoms with van der Waals surface area (Å²) in [5, 5.41) is 0. The van der Waals surface area contributed by atoms with E-state index in [4.69, 9.17) is 4.42 Å². The summed E-state index contributed by atoms with van der Waals surface area (Å²) in [5.74, 6) is 1.82. The first-order valence-corrected chi connectivity index (χ1v) is 9.02. The van der Waals surface area contributed by atoms with E-state index in [-0.39, 0.29) is 23.5 Å². The molecule has 1 aliphatic heterocycles. The SMILES string of the molecule is Cc1ccc(/C=C/C(=O)N2CCS(=O)(=O)CC2C2CC2)o1. The zero-order chi connectivity index (χ0) is 15.0. The molecule has 114 valence electrons. The van der Waals surface area contributed by atoms with Crippen molar-refractivity contribution in [3.8, 4) is 0 Å². The number of hydrogen-bond acceptors (Lipinski definition) is 4. The number of sulfone groups is 1. The van der Waals surface area contributed by atoms with Crippen molar-refractivity contribution in [2.75, 3.05) is 18.1 Å². The second-order valence-corrected chi connectivity index (χ2v) is 8.06. The molecule has 3 rings (SSSR count). The highest BCUT2D eigenvalue weighted by molar-refractivity contribution is 7.91. The van der Waals surface area contributed by atoms with Crippen LogP contribution in [0.3, 0.4) is 0 Å². The first-order valence-electron chi connectivity index (χ1n) is 7.20. The van der Waals surface area contributed by atoms with E-state index in [9.17, 15) is 13.2 Å². The van der Waals surface area contributed by atoms with Crippen molar-refractivity contribution in [1.29, 1.82) is 0 Å². The van der Waals surface area contributed by atoms with E-state index in [2.05, 4.69) is 0 Å². The fraction of sp³-hybridized carbons (Fsp3) is 0.533. The summed E-state index contributed by atoms with van der Waals surface area (Å²) in [4.78, 5) is 14.0. The molecule has 0 N–H and O–H groups in total. The van der Waals surface area contributed by atoms with Crippen LogP contribution in [0, 0.1) is 12.8 Å². The largest absolute Gasteiger partial charge is 0.462 e. The zero-order valence-electron chi connectivity index (χ0n) is 12.0. The summed E-state index contributed by atoms with van der Waals surface area (Å²) in [5.41, 5.74) is 0. The van der Waals surface area contributed by atoms with E-state index in [0.717, 1.165) is 18.6 Å². The van der Waals surface area contributed by atoms with Crippen molar-refractivity contribution >= 4 is 21.8 Å². The van der Waals surface area contributed by atoms with E-state index in [1.54, 1.807) is 17.0 Å². The Balaban J connectivity index is 1.72. The van der Waals surface area contributed by atoms with Gasteiger partial charge in [0.2, 0.25) is 5.91 Å². The third kappa shape index (κ3) is 3.37. The van der Waals surface area contributed by atoms with Crippen LogP contribution in [0.5, 0.6) is 0 Å². The molecule has 1 saturated carbocycles. The van der Waals surface area contributed by atoms with Crippen LogP contribution in [0.1, 0.15) is 24.4 Å². The summed E-state index contributed by atoms with van der Waals surface area (Å²) in [7, 11) is -3.00. The van der Waals surface area contributed by atoms with Crippen molar-refractivity contribution in [1.82, 2.24) is 4.90 Å². The molecule has 0 radical (unpaired) electrons. The van der Waals surface area contributed by atoms with Gasteiger partial charge in [0.25, 0.3) is 0 Å². The van der Waals surface area contributed by atoms with Gasteiger partial charge in [0.05, 0.1) is 11.5 Å². The number of nitrogens with zero attached hydrogens (tertiary/aromatic N) is 1. The summed E-state index contributed by atoms with van der Waals surface area (Å²) in [6, 6.07) is 3.49. The zero-order valence-corrected chi connectivity index (χ0v) is 12.8. The van der Waals surface area contributed by atoms with E-state index < -0.39 is 9.84 Å². The van der Waals surface area contributed by atoms with Gasteiger partial charge in [-0.2, -0.15) is 0 Å². The Morgan fingerprint density at radius 2 is 2.14 bits per heavy atom. The molecule has 21 heavy (non-hydrogen) atoms. The highest BCUT2D eigenvalue weighted by Gasteiger charge is 2.42. The van der Waals surface area contributed by atoms with Gasteiger partial charge in [0, 0.05) is 18.7 Å². The topological polar surface area (TPSA) is 67.6 Å². The van der Waals surface area contributed by atoms with Crippen LogP contribution in [0.2, 0.25) is 0 Å². The van der Waals surface area contributed by atoms with Crippen LogP contribution < -0.4 is 0 Å². The lowest BCUT2D eigenvalue weighted by Gasteiger charge is -2.35. The van der Waals surface area contributed by atoms with E-state index in [1.807, 2.05) is 13.0 Å². The molecule has 1 atom stereocenters. The number of furan rings is 1. The van der Waals surface area contributed by atoms with Gasteiger partial charge in [-0.1, -0.05) is 0 Å². The third-order valence-electron chi connectivity index (χ3n) is 4.07. The normalized spacial score (nSPS) is 25.4. The van der Waals surface area contributed by atoms with Crippen molar-refractivity contribution in [2.24, 2.45) is 5.92 Å². The monoisotopic (exact) mass is 309 g/mol. The molecule has 1 aromatic heterocycles. The molecule has 1 saturated heterocycles. The molecule has 1 amide bonds. The maximum atomic E-state index is 12.3. The summed E-state index contributed by atoms with van der Waals surface area (Å²) in [6.07, 6.45) is 5.16. The first kappa shape index (κ1) is 14.4. The van der Waals surface area contributed by atoms with Crippen LogP contribution in [0.4, 0.5) is 0 Å². The Bertz CT molecular complexity index is 670. The molecule has 0 spiro atoms. The van der Waals surface area contributed by atoms with Crippen LogP contribution >= 0.6 is 0 Å². The van der Waals surface area contributed by atoms with Crippen LogP contribution in [-0.4, -0.2) is 43.3 Å². The van der Waals surface area contributed by atoms with Crippen LogP contribution in [0.15, 0.2) is 22.6 Å². The Morgan fingerprint density at radius 1 is 1.38 bits per heavy atom. The quantitative estimate of drug-likeness (QED) is 0.796. The van der Waals surface area contributed by atoms with Gasteiger partial charge in [-0.25, -0.2) is 8.42 Å². The molecule has 2 fully saturated rings. The van der Waals surface area contributed by atoms with E-state index >= 15 is 0 Å². The summed E-state index contributed by atoms with van der Waals surface area (Å²) >= 11 is 0. The molecular weight excluding hydrogens is 290 g/mol. The average Bonchev–Trinajstić information content (AvgIpc) is 3.18. The Hall–Kier alpha value is -1.56. The molecule has 0 bridgehead atoms. The lowest BCUT2D eigenvalue weighted by Crippen LogP contribution is -2.51. The second kappa shape index (κ2) is 5.33. The summed E-state index contributed by atoms with van der Waals surface area (Å²) in [6.45, 7) is 2.14. The molecule has 5 nitrogen and oxygen atoms in total. The third-order valence-corrected chi connectivity index (χ3v) is 5.72. The van der Waals surface area contributed by atoms with Crippen molar-refractivity contribution in [3.63, 3.8) is 0 Å². The minimum Gasteiger partial charge on any atom is -0.462 e. The fourth-order valence-electron chi connectivity index (χ4n) is 2.77. The highest BCUT2D eigenvalue weighted by Crippen LogP contribution is 2.37. The number of rotatable bonds is 3. The Kier molecular flexibility index (Phi) is 3.65. The molecule has 2 aliphatic rings. The number of carbonyl (C=O) groups is 1. The maximum absolute atomic E-state index is 12.3. The van der Waals surface area contributed by atoms with Gasteiger partial charge in [0.1, 0.15) is 11.5 Å². The van der Waals surface area contributed by atoms with Gasteiger partial charge in [0.15, 0.2) is 9.84 Å². The predicted molar refractivity (Wildman–Crippen MR) is 79.4 cm³/mol. The van der Waals surface area contributed by atoms with E-state index in [0.29, 0.717) is 18.2 Å². The first-order chi connectivity index (χ1) is 9.94. The lowest BCUT2D eigenvalue weighted by molar-refractivity contribution is -0.128. The minimum absolute atomic E-state index is 0.0651. The fourth-order valence-corrected chi connectivity index (χ4v) is 4.39. The predicted octanol–water partition coefficient (Wildman–Crippen LogP) is 1.64. The second-order valence-electron chi connectivity index (χ2n) is 5.83. The van der Waals surface area contributed by atoms with Gasteiger partial charge in [-0.05, 0) is 43.9 Å².